The van der Waals surface area contributed by atoms with Gasteiger partial charge in [-0.2, -0.15) is 5.26 Å². The van der Waals surface area contributed by atoms with Gasteiger partial charge in [0.1, 0.15) is 17.3 Å². The minimum absolute atomic E-state index is 0.382. The average molecular weight is 205 g/mol. The molecule has 0 fully saturated rings. The Kier molecular flexibility index (Phi) is 2.63. The molecule has 68 valence electrons. The third kappa shape index (κ3) is 1.68. The highest BCUT2D eigenvalue weighted by molar-refractivity contribution is 6.32. The van der Waals surface area contributed by atoms with E-state index < -0.39 is 22.9 Å². The minimum atomic E-state index is -2.86. The van der Waals surface area contributed by atoms with Crippen LogP contribution in [-0.4, -0.2) is 10.1 Å². The highest BCUT2D eigenvalue weighted by Crippen LogP contribution is 2.31. The molecule has 3 nitrogen and oxygen atoms in total. The zero-order valence-corrected chi connectivity index (χ0v) is 6.89. The van der Waals surface area contributed by atoms with Crippen molar-refractivity contribution in [2.45, 2.75) is 6.43 Å². The molecule has 0 atom stereocenters. The van der Waals surface area contributed by atoms with Gasteiger partial charge in [0.25, 0.3) is 6.43 Å². The molecular formula is C7H3ClF2N2O. The van der Waals surface area contributed by atoms with Crippen LogP contribution in [0.3, 0.4) is 0 Å². The summed E-state index contributed by atoms with van der Waals surface area (Å²) >= 11 is 5.38. The number of alkyl halides is 2. The Balaban J connectivity index is 3.38. The molecule has 1 aromatic rings. The van der Waals surface area contributed by atoms with Crippen LogP contribution in [0.4, 0.5) is 8.78 Å². The van der Waals surface area contributed by atoms with Crippen LogP contribution in [0.2, 0.25) is 5.02 Å². The summed E-state index contributed by atoms with van der Waals surface area (Å²) in [5, 5.41) is 16.9. The van der Waals surface area contributed by atoms with Crippen LogP contribution in [0.15, 0.2) is 6.20 Å². The minimum Gasteiger partial charge on any atom is -0.505 e. The first-order valence-electron chi connectivity index (χ1n) is 3.13. The number of halogens is 3. The molecule has 0 aromatic carbocycles. The van der Waals surface area contributed by atoms with E-state index in [1.54, 1.807) is 0 Å². The van der Waals surface area contributed by atoms with Crippen LogP contribution < -0.4 is 0 Å². The summed E-state index contributed by atoms with van der Waals surface area (Å²) < 4.78 is 24.3. The first-order chi connectivity index (χ1) is 6.07. The number of pyridine rings is 1. The molecule has 0 bridgehead atoms. The molecule has 0 radical (unpaired) electrons. The van der Waals surface area contributed by atoms with Gasteiger partial charge in [-0.3, -0.25) is 0 Å². The van der Waals surface area contributed by atoms with Crippen molar-refractivity contribution in [1.29, 1.82) is 5.26 Å². The van der Waals surface area contributed by atoms with Gasteiger partial charge in [0.15, 0.2) is 5.75 Å². The lowest BCUT2D eigenvalue weighted by Gasteiger charge is -2.03. The third-order valence-corrected chi connectivity index (χ3v) is 1.73. The van der Waals surface area contributed by atoms with E-state index in [0.29, 0.717) is 0 Å². The molecule has 6 heteroatoms. The summed E-state index contributed by atoms with van der Waals surface area (Å²) in [6.07, 6.45) is -2.09. The van der Waals surface area contributed by atoms with Gasteiger partial charge in [0.05, 0.1) is 11.2 Å². The largest absolute Gasteiger partial charge is 0.505 e. The molecular weight excluding hydrogens is 202 g/mol. The number of hydrogen-bond donors (Lipinski definition) is 1. The van der Waals surface area contributed by atoms with Crippen molar-refractivity contribution in [2.75, 3.05) is 0 Å². The SMILES string of the molecule is N#Cc1c(O)cnc(C(F)F)c1Cl. The van der Waals surface area contributed by atoms with Crippen molar-refractivity contribution < 1.29 is 13.9 Å². The number of nitrogens with zero attached hydrogens (tertiary/aromatic N) is 2. The summed E-state index contributed by atoms with van der Waals surface area (Å²) in [7, 11) is 0. The molecule has 1 rings (SSSR count). The first-order valence-corrected chi connectivity index (χ1v) is 3.51. The summed E-state index contributed by atoms with van der Waals surface area (Å²) in [5.74, 6) is -0.503. The molecule has 0 aliphatic heterocycles. The monoisotopic (exact) mass is 204 g/mol. The first kappa shape index (κ1) is 9.68. The average Bonchev–Trinajstić information content (AvgIpc) is 2.04. The van der Waals surface area contributed by atoms with Crippen LogP contribution in [0.5, 0.6) is 5.75 Å². The Morgan fingerprint density at radius 3 is 2.69 bits per heavy atom. The van der Waals surface area contributed by atoms with E-state index >= 15 is 0 Å². The van der Waals surface area contributed by atoms with Gasteiger partial charge < -0.3 is 5.11 Å². The van der Waals surface area contributed by atoms with E-state index in [2.05, 4.69) is 4.98 Å². The lowest BCUT2D eigenvalue weighted by atomic mass is 10.2. The van der Waals surface area contributed by atoms with Crippen molar-refractivity contribution in [1.82, 2.24) is 4.98 Å². The van der Waals surface area contributed by atoms with E-state index in [0.717, 1.165) is 6.20 Å². The zero-order chi connectivity index (χ0) is 10.0. The predicted molar refractivity (Wildman–Crippen MR) is 40.6 cm³/mol. The summed E-state index contributed by atoms with van der Waals surface area (Å²) in [5.41, 5.74) is -1.08. The number of rotatable bonds is 1. The molecule has 1 aromatic heterocycles. The standard InChI is InChI=1S/C7H3ClF2N2O/c8-5-3(1-11)4(13)2-12-6(5)7(9)10/h2,7,13H. The van der Waals surface area contributed by atoms with Gasteiger partial charge in [-0.15, -0.1) is 0 Å². The second kappa shape index (κ2) is 3.54. The van der Waals surface area contributed by atoms with Crippen LogP contribution in [0.25, 0.3) is 0 Å². The second-order valence-corrected chi connectivity index (χ2v) is 2.51. The smallest absolute Gasteiger partial charge is 0.281 e. The molecule has 0 spiro atoms. The highest BCUT2D eigenvalue weighted by atomic mass is 35.5. The lowest BCUT2D eigenvalue weighted by molar-refractivity contribution is 0.146. The topological polar surface area (TPSA) is 56.9 Å². The van der Waals surface area contributed by atoms with Gasteiger partial charge in [0, 0.05) is 0 Å². The van der Waals surface area contributed by atoms with Gasteiger partial charge in [-0.05, 0) is 0 Å². The van der Waals surface area contributed by atoms with Gasteiger partial charge in [-0.1, -0.05) is 11.6 Å². The molecule has 13 heavy (non-hydrogen) atoms. The van der Waals surface area contributed by atoms with E-state index in [-0.39, 0.29) is 5.56 Å². The van der Waals surface area contributed by atoms with E-state index in [1.165, 1.54) is 6.07 Å². The molecule has 0 saturated carbocycles. The van der Waals surface area contributed by atoms with E-state index in [1.807, 2.05) is 0 Å². The molecule has 1 N–H and O–H groups in total. The maximum Gasteiger partial charge on any atom is 0.281 e. The number of hydrogen-bond acceptors (Lipinski definition) is 3. The van der Waals surface area contributed by atoms with Crippen molar-refractivity contribution in [3.8, 4) is 11.8 Å². The molecule has 0 aliphatic carbocycles. The van der Waals surface area contributed by atoms with Crippen molar-refractivity contribution in [3.63, 3.8) is 0 Å². The third-order valence-electron chi connectivity index (χ3n) is 1.34. The molecule has 0 amide bonds. The number of aromatic nitrogens is 1. The fourth-order valence-electron chi connectivity index (χ4n) is 0.751. The molecule has 1 heterocycles. The Morgan fingerprint density at radius 2 is 2.23 bits per heavy atom. The molecule has 0 saturated heterocycles. The number of nitriles is 1. The van der Waals surface area contributed by atoms with Gasteiger partial charge >= 0.3 is 0 Å². The molecule has 0 unspecified atom stereocenters. The van der Waals surface area contributed by atoms with E-state index in [4.69, 9.17) is 22.0 Å². The van der Waals surface area contributed by atoms with E-state index in [9.17, 15) is 8.78 Å². The normalized spacial score (nSPS) is 10.1. The summed E-state index contributed by atoms with van der Waals surface area (Å²) in [6.45, 7) is 0. The van der Waals surface area contributed by atoms with Crippen LogP contribution in [-0.2, 0) is 0 Å². The zero-order valence-electron chi connectivity index (χ0n) is 6.13. The van der Waals surface area contributed by atoms with Crippen LogP contribution in [0.1, 0.15) is 17.7 Å². The summed E-state index contributed by atoms with van der Waals surface area (Å²) in [6, 6.07) is 1.50. The molecule has 0 aliphatic rings. The Morgan fingerprint density at radius 1 is 1.62 bits per heavy atom. The number of aromatic hydroxyl groups is 1. The fourth-order valence-corrected chi connectivity index (χ4v) is 1.02. The Bertz CT molecular complexity index is 375. The van der Waals surface area contributed by atoms with Crippen molar-refractivity contribution in [2.24, 2.45) is 0 Å². The van der Waals surface area contributed by atoms with Gasteiger partial charge in [-0.25, -0.2) is 13.8 Å². The van der Waals surface area contributed by atoms with Crippen LogP contribution in [0, 0.1) is 11.3 Å². The predicted octanol–water partition coefficient (Wildman–Crippen LogP) is 2.25. The fraction of sp³-hybridized carbons (Fsp3) is 0.143. The maximum atomic E-state index is 12.1. The summed E-state index contributed by atoms with van der Waals surface area (Å²) in [4.78, 5) is 3.20. The maximum absolute atomic E-state index is 12.1. The Hall–Kier alpha value is -1.41. The van der Waals surface area contributed by atoms with Crippen molar-refractivity contribution in [3.05, 3.63) is 22.5 Å². The lowest BCUT2D eigenvalue weighted by Crippen LogP contribution is -1.94. The Labute approximate surface area is 77.2 Å². The van der Waals surface area contributed by atoms with Crippen LogP contribution >= 0.6 is 11.6 Å². The highest BCUT2D eigenvalue weighted by Gasteiger charge is 2.19. The quantitative estimate of drug-likeness (QED) is 0.763. The van der Waals surface area contributed by atoms with Gasteiger partial charge in [0.2, 0.25) is 0 Å². The second-order valence-electron chi connectivity index (χ2n) is 2.13. The van der Waals surface area contributed by atoms with Crippen molar-refractivity contribution >= 4 is 11.6 Å².